The van der Waals surface area contributed by atoms with E-state index in [1.807, 2.05) is 0 Å². The van der Waals surface area contributed by atoms with Gasteiger partial charge in [0.05, 0.1) is 5.69 Å². The number of anilines is 2. The molecular weight excluding hydrogens is 311 g/mol. The number of benzene rings is 1. The van der Waals surface area contributed by atoms with Crippen LogP contribution in [0, 0.1) is 19.7 Å². The van der Waals surface area contributed by atoms with E-state index in [-0.39, 0.29) is 5.56 Å². The molecule has 1 aromatic heterocycles. The molecule has 6 nitrogen and oxygen atoms in total. The van der Waals surface area contributed by atoms with Crippen LogP contribution in [-0.2, 0) is 0 Å². The van der Waals surface area contributed by atoms with Crippen molar-refractivity contribution in [2.45, 2.75) is 26.7 Å². The predicted molar refractivity (Wildman–Crippen MR) is 90.1 cm³/mol. The molecule has 7 heteroatoms. The lowest BCUT2D eigenvalue weighted by atomic mass is 10.1. The zero-order chi connectivity index (χ0) is 17.3. The van der Waals surface area contributed by atoms with Crippen LogP contribution in [0.5, 0.6) is 0 Å². The van der Waals surface area contributed by atoms with Crippen molar-refractivity contribution in [3.63, 3.8) is 0 Å². The lowest BCUT2D eigenvalue weighted by Crippen LogP contribution is -2.26. The first-order valence-corrected chi connectivity index (χ1v) is 7.88. The summed E-state index contributed by atoms with van der Waals surface area (Å²) in [6.07, 6.45) is 2.14. The van der Waals surface area contributed by atoms with E-state index < -0.39 is 17.3 Å². The molecule has 0 radical (unpaired) electrons. The van der Waals surface area contributed by atoms with E-state index >= 15 is 0 Å². The Kier molecular flexibility index (Phi) is 4.33. The minimum atomic E-state index is -0.572. The van der Waals surface area contributed by atoms with E-state index in [2.05, 4.69) is 20.4 Å². The van der Waals surface area contributed by atoms with Gasteiger partial charge in [0, 0.05) is 24.5 Å². The Morgan fingerprint density at radius 3 is 2.67 bits per heavy atom. The standard InChI is InChI=1S/C17H19FN4O2/c1-10-11(2)20-21-17(24)15(10)16(23)19-13-7-12(18)8-14(9-13)22-5-3-4-6-22/h7-9H,3-6H2,1-2H3,(H,19,23)(H,21,24). The third kappa shape index (κ3) is 3.15. The van der Waals surface area contributed by atoms with E-state index in [1.54, 1.807) is 19.9 Å². The van der Waals surface area contributed by atoms with Gasteiger partial charge in [-0.3, -0.25) is 9.59 Å². The highest BCUT2D eigenvalue weighted by molar-refractivity contribution is 6.05. The molecule has 2 aromatic rings. The number of amides is 1. The smallest absolute Gasteiger partial charge is 0.277 e. The van der Waals surface area contributed by atoms with Gasteiger partial charge in [-0.2, -0.15) is 5.10 Å². The van der Waals surface area contributed by atoms with Crippen molar-refractivity contribution in [3.8, 4) is 0 Å². The molecule has 1 fully saturated rings. The molecule has 0 saturated carbocycles. The first-order chi connectivity index (χ1) is 11.5. The second-order valence-electron chi connectivity index (χ2n) is 5.98. The van der Waals surface area contributed by atoms with Crippen LogP contribution >= 0.6 is 0 Å². The number of carbonyl (C=O) groups excluding carboxylic acids is 1. The number of aromatic amines is 1. The summed E-state index contributed by atoms with van der Waals surface area (Å²) in [6, 6.07) is 4.43. The quantitative estimate of drug-likeness (QED) is 0.906. The lowest BCUT2D eigenvalue weighted by molar-refractivity contribution is 0.102. The van der Waals surface area contributed by atoms with Gasteiger partial charge in [-0.15, -0.1) is 0 Å². The average molecular weight is 330 g/mol. The van der Waals surface area contributed by atoms with Crippen molar-refractivity contribution in [3.05, 3.63) is 51.2 Å². The SMILES string of the molecule is Cc1n[nH]c(=O)c(C(=O)Nc2cc(F)cc(N3CCCC3)c2)c1C. The summed E-state index contributed by atoms with van der Waals surface area (Å²) in [5, 5.41) is 8.74. The van der Waals surface area contributed by atoms with Crippen molar-refractivity contribution < 1.29 is 9.18 Å². The van der Waals surface area contributed by atoms with Crippen LogP contribution < -0.4 is 15.8 Å². The lowest BCUT2D eigenvalue weighted by Gasteiger charge is -2.19. The van der Waals surface area contributed by atoms with Crippen LogP contribution in [-0.4, -0.2) is 29.2 Å². The summed E-state index contributed by atoms with van der Waals surface area (Å²) in [4.78, 5) is 26.4. The average Bonchev–Trinajstić information content (AvgIpc) is 3.05. The van der Waals surface area contributed by atoms with Crippen LogP contribution in [0.1, 0.15) is 34.5 Å². The van der Waals surface area contributed by atoms with Gasteiger partial charge < -0.3 is 10.2 Å². The third-order valence-electron chi connectivity index (χ3n) is 4.31. The normalized spacial score (nSPS) is 14.0. The number of aryl methyl sites for hydroxylation is 1. The second kappa shape index (κ2) is 6.43. The summed E-state index contributed by atoms with van der Waals surface area (Å²) in [5.74, 6) is -0.997. The Balaban J connectivity index is 1.90. The van der Waals surface area contributed by atoms with Crippen LogP contribution in [0.3, 0.4) is 0 Å². The molecule has 0 unspecified atom stereocenters. The van der Waals surface area contributed by atoms with Crippen LogP contribution in [0.25, 0.3) is 0 Å². The molecule has 126 valence electrons. The molecule has 2 N–H and O–H groups in total. The molecule has 0 aliphatic carbocycles. The molecule has 0 spiro atoms. The Labute approximate surface area is 138 Å². The van der Waals surface area contributed by atoms with Gasteiger partial charge in [0.1, 0.15) is 11.4 Å². The molecule has 1 amide bonds. The van der Waals surface area contributed by atoms with Crippen LogP contribution in [0.4, 0.5) is 15.8 Å². The number of H-pyrrole nitrogens is 1. The first-order valence-electron chi connectivity index (χ1n) is 7.88. The van der Waals surface area contributed by atoms with Crippen LogP contribution in [0.2, 0.25) is 0 Å². The largest absolute Gasteiger partial charge is 0.371 e. The molecule has 0 bridgehead atoms. The Bertz CT molecular complexity index is 841. The fourth-order valence-corrected chi connectivity index (χ4v) is 2.90. The zero-order valence-corrected chi connectivity index (χ0v) is 13.6. The number of halogens is 1. The highest BCUT2D eigenvalue weighted by Gasteiger charge is 2.18. The molecule has 2 heterocycles. The van der Waals surface area contributed by atoms with Gasteiger partial charge >= 0.3 is 0 Å². The van der Waals surface area contributed by atoms with Gasteiger partial charge in [0.2, 0.25) is 0 Å². The molecular formula is C17H19FN4O2. The molecule has 1 aromatic carbocycles. The second-order valence-corrected chi connectivity index (χ2v) is 5.98. The molecule has 1 saturated heterocycles. The highest BCUT2D eigenvalue weighted by Crippen LogP contribution is 2.25. The highest BCUT2D eigenvalue weighted by atomic mass is 19.1. The van der Waals surface area contributed by atoms with Crippen molar-refractivity contribution in [1.29, 1.82) is 0 Å². The summed E-state index contributed by atoms with van der Waals surface area (Å²) in [7, 11) is 0. The number of nitrogens with one attached hydrogen (secondary N) is 2. The van der Waals surface area contributed by atoms with Crippen LogP contribution in [0.15, 0.2) is 23.0 Å². The Morgan fingerprint density at radius 2 is 1.96 bits per heavy atom. The number of aromatic nitrogens is 2. The van der Waals surface area contributed by atoms with E-state index in [0.29, 0.717) is 16.9 Å². The summed E-state index contributed by atoms with van der Waals surface area (Å²) >= 11 is 0. The van der Waals surface area contributed by atoms with E-state index in [0.717, 1.165) is 31.6 Å². The molecule has 3 rings (SSSR count). The van der Waals surface area contributed by atoms with Crippen molar-refractivity contribution in [2.75, 3.05) is 23.3 Å². The molecule has 24 heavy (non-hydrogen) atoms. The minimum absolute atomic E-state index is 0.00511. The third-order valence-corrected chi connectivity index (χ3v) is 4.31. The molecule has 1 aliphatic heterocycles. The number of rotatable bonds is 3. The minimum Gasteiger partial charge on any atom is -0.371 e. The van der Waals surface area contributed by atoms with E-state index in [1.165, 1.54) is 12.1 Å². The number of hydrogen-bond acceptors (Lipinski definition) is 4. The first kappa shape index (κ1) is 16.2. The monoisotopic (exact) mass is 330 g/mol. The van der Waals surface area contributed by atoms with Gasteiger partial charge in [-0.25, -0.2) is 9.49 Å². The molecule has 1 aliphatic rings. The van der Waals surface area contributed by atoms with E-state index in [9.17, 15) is 14.0 Å². The number of carbonyl (C=O) groups is 1. The Morgan fingerprint density at radius 1 is 1.25 bits per heavy atom. The maximum Gasteiger partial charge on any atom is 0.277 e. The van der Waals surface area contributed by atoms with Gasteiger partial charge in [-0.1, -0.05) is 0 Å². The number of hydrogen-bond donors (Lipinski definition) is 2. The van der Waals surface area contributed by atoms with Gasteiger partial charge in [0.15, 0.2) is 0 Å². The Hall–Kier alpha value is -2.70. The van der Waals surface area contributed by atoms with Crippen molar-refractivity contribution in [2.24, 2.45) is 0 Å². The maximum atomic E-state index is 13.9. The fraction of sp³-hybridized carbons (Fsp3) is 0.353. The summed E-state index contributed by atoms with van der Waals surface area (Å²) in [6.45, 7) is 5.11. The topological polar surface area (TPSA) is 78.1 Å². The molecule has 0 atom stereocenters. The van der Waals surface area contributed by atoms with Gasteiger partial charge in [-0.05, 0) is 50.5 Å². The fourth-order valence-electron chi connectivity index (χ4n) is 2.90. The predicted octanol–water partition coefficient (Wildman–Crippen LogP) is 2.38. The van der Waals surface area contributed by atoms with Crippen molar-refractivity contribution in [1.82, 2.24) is 10.2 Å². The summed E-state index contributed by atoms with van der Waals surface area (Å²) < 4.78 is 13.9. The van der Waals surface area contributed by atoms with Crippen molar-refractivity contribution >= 4 is 17.3 Å². The maximum absolute atomic E-state index is 13.9. The van der Waals surface area contributed by atoms with E-state index in [4.69, 9.17) is 0 Å². The zero-order valence-electron chi connectivity index (χ0n) is 13.6. The van der Waals surface area contributed by atoms with Gasteiger partial charge in [0.25, 0.3) is 11.5 Å². The summed E-state index contributed by atoms with van der Waals surface area (Å²) in [5.41, 5.74) is 1.57. The number of nitrogens with zero attached hydrogens (tertiary/aromatic N) is 2.